The maximum absolute atomic E-state index is 12.9. The fourth-order valence-electron chi connectivity index (χ4n) is 3.39. The van der Waals surface area contributed by atoms with Gasteiger partial charge in [0.15, 0.2) is 0 Å². The average molecular weight is 356 g/mol. The number of amides is 1. The topological polar surface area (TPSA) is 73.4 Å². The van der Waals surface area contributed by atoms with Crippen LogP contribution < -0.4 is 5.73 Å². The van der Waals surface area contributed by atoms with Crippen LogP contribution in [0.15, 0.2) is 30.5 Å². The van der Waals surface area contributed by atoms with Gasteiger partial charge in [-0.1, -0.05) is 18.2 Å². The number of hydrogen-bond donors (Lipinski definition) is 1. The van der Waals surface area contributed by atoms with Crippen molar-refractivity contribution in [3.8, 4) is 5.69 Å². The lowest BCUT2D eigenvalue weighted by Crippen LogP contribution is -2.41. The smallest absolute Gasteiger partial charge is 0.257 e. The minimum atomic E-state index is 0.0581. The molecule has 3 rings (SSSR count). The number of rotatable bonds is 6. The molecule has 6 nitrogen and oxygen atoms in total. The van der Waals surface area contributed by atoms with Crippen LogP contribution in [-0.2, 0) is 4.74 Å². The van der Waals surface area contributed by atoms with Crippen molar-refractivity contribution in [2.75, 3.05) is 26.2 Å². The molecule has 1 aliphatic heterocycles. The molecular formula is C20H28N4O2. The number of hydrogen-bond acceptors (Lipinski definition) is 4. The summed E-state index contributed by atoms with van der Waals surface area (Å²) >= 11 is 0. The molecule has 2 N–H and O–H groups in total. The van der Waals surface area contributed by atoms with E-state index in [2.05, 4.69) is 5.10 Å². The van der Waals surface area contributed by atoms with Crippen LogP contribution in [-0.4, -0.2) is 52.9 Å². The first-order chi connectivity index (χ1) is 12.6. The van der Waals surface area contributed by atoms with Gasteiger partial charge in [0.25, 0.3) is 5.91 Å². The number of aryl methyl sites for hydroxylation is 1. The van der Waals surface area contributed by atoms with Crippen LogP contribution in [0.5, 0.6) is 0 Å². The molecule has 2 heterocycles. The summed E-state index contributed by atoms with van der Waals surface area (Å²) in [6, 6.07) is 8.06. The van der Waals surface area contributed by atoms with Crippen molar-refractivity contribution in [2.45, 2.75) is 39.2 Å². The molecule has 0 spiro atoms. The molecule has 1 aliphatic rings. The quantitative estimate of drug-likeness (QED) is 0.807. The normalized spacial score (nSPS) is 15.4. The molecule has 1 saturated heterocycles. The fourth-order valence-corrected chi connectivity index (χ4v) is 3.39. The van der Waals surface area contributed by atoms with Gasteiger partial charge in [-0.3, -0.25) is 4.79 Å². The molecule has 2 aromatic rings. The zero-order chi connectivity index (χ0) is 18.5. The Morgan fingerprint density at radius 2 is 2.00 bits per heavy atom. The van der Waals surface area contributed by atoms with Crippen LogP contribution >= 0.6 is 0 Å². The zero-order valence-electron chi connectivity index (χ0n) is 15.6. The highest BCUT2D eigenvalue weighted by Gasteiger charge is 2.26. The molecule has 140 valence electrons. The predicted molar refractivity (Wildman–Crippen MR) is 102 cm³/mol. The second kappa shape index (κ2) is 8.47. The van der Waals surface area contributed by atoms with E-state index in [0.717, 1.165) is 49.3 Å². The molecule has 1 amide bonds. The first-order valence-corrected chi connectivity index (χ1v) is 9.33. The van der Waals surface area contributed by atoms with Crippen LogP contribution in [0.3, 0.4) is 0 Å². The van der Waals surface area contributed by atoms with E-state index in [9.17, 15) is 4.79 Å². The SMILES string of the molecule is Cc1ccccc1-n1ncc(C(=O)N2CCC(OCCCN)CC2)c1C. The number of para-hydroxylation sites is 1. The molecule has 0 unspecified atom stereocenters. The summed E-state index contributed by atoms with van der Waals surface area (Å²) in [5.74, 6) is 0.0581. The lowest BCUT2D eigenvalue weighted by molar-refractivity contribution is 0.00843. The Labute approximate surface area is 154 Å². The minimum Gasteiger partial charge on any atom is -0.378 e. The molecule has 6 heteroatoms. The molecule has 0 bridgehead atoms. The van der Waals surface area contributed by atoms with Crippen LogP contribution in [0.4, 0.5) is 0 Å². The number of piperidine rings is 1. The molecule has 1 aromatic heterocycles. The van der Waals surface area contributed by atoms with E-state index in [1.54, 1.807) is 6.20 Å². The van der Waals surface area contributed by atoms with Crippen molar-refractivity contribution in [3.05, 3.63) is 47.3 Å². The first-order valence-electron chi connectivity index (χ1n) is 9.33. The van der Waals surface area contributed by atoms with Gasteiger partial charge in [-0.05, 0) is 51.3 Å². The Morgan fingerprint density at radius 1 is 1.27 bits per heavy atom. The number of carbonyl (C=O) groups is 1. The Hall–Kier alpha value is -2.18. The minimum absolute atomic E-state index is 0.0581. The Bertz CT molecular complexity index is 748. The van der Waals surface area contributed by atoms with E-state index in [-0.39, 0.29) is 12.0 Å². The monoisotopic (exact) mass is 356 g/mol. The van der Waals surface area contributed by atoms with Gasteiger partial charge >= 0.3 is 0 Å². The first kappa shape index (κ1) is 18.6. The van der Waals surface area contributed by atoms with E-state index >= 15 is 0 Å². The van der Waals surface area contributed by atoms with Gasteiger partial charge in [-0.2, -0.15) is 5.10 Å². The molecule has 1 fully saturated rings. The van der Waals surface area contributed by atoms with Gasteiger partial charge in [0, 0.05) is 19.7 Å². The lowest BCUT2D eigenvalue weighted by atomic mass is 10.1. The van der Waals surface area contributed by atoms with Crippen LogP contribution in [0.1, 0.15) is 40.9 Å². The summed E-state index contributed by atoms with van der Waals surface area (Å²) in [4.78, 5) is 14.8. The van der Waals surface area contributed by atoms with Crippen molar-refractivity contribution in [1.82, 2.24) is 14.7 Å². The van der Waals surface area contributed by atoms with Gasteiger partial charge in [-0.25, -0.2) is 4.68 Å². The van der Waals surface area contributed by atoms with Gasteiger partial charge in [0.2, 0.25) is 0 Å². The summed E-state index contributed by atoms with van der Waals surface area (Å²) in [6.45, 7) is 6.81. The number of ether oxygens (including phenoxy) is 1. The molecule has 0 aliphatic carbocycles. The van der Waals surface area contributed by atoms with Gasteiger partial charge in [0.05, 0.1) is 29.2 Å². The van der Waals surface area contributed by atoms with Crippen molar-refractivity contribution >= 4 is 5.91 Å². The third-order valence-corrected chi connectivity index (χ3v) is 5.02. The summed E-state index contributed by atoms with van der Waals surface area (Å²) in [5, 5.41) is 4.46. The summed E-state index contributed by atoms with van der Waals surface area (Å²) < 4.78 is 7.67. The lowest BCUT2D eigenvalue weighted by Gasteiger charge is -2.32. The van der Waals surface area contributed by atoms with Crippen LogP contribution in [0.2, 0.25) is 0 Å². The van der Waals surface area contributed by atoms with Crippen molar-refractivity contribution in [1.29, 1.82) is 0 Å². The fraction of sp³-hybridized carbons (Fsp3) is 0.500. The second-order valence-electron chi connectivity index (χ2n) is 6.85. The van der Waals surface area contributed by atoms with Crippen molar-refractivity contribution in [3.63, 3.8) is 0 Å². The summed E-state index contributed by atoms with van der Waals surface area (Å²) in [6.07, 6.45) is 4.56. The van der Waals surface area contributed by atoms with E-state index in [0.29, 0.717) is 18.7 Å². The molecule has 1 aromatic carbocycles. The van der Waals surface area contributed by atoms with Gasteiger partial charge < -0.3 is 15.4 Å². The summed E-state index contributed by atoms with van der Waals surface area (Å²) in [7, 11) is 0. The molecule has 0 radical (unpaired) electrons. The van der Waals surface area contributed by atoms with Crippen LogP contribution in [0, 0.1) is 13.8 Å². The number of aromatic nitrogens is 2. The molecule has 26 heavy (non-hydrogen) atoms. The highest BCUT2D eigenvalue weighted by Crippen LogP contribution is 2.21. The predicted octanol–water partition coefficient (Wildman–Crippen LogP) is 2.46. The number of likely N-dealkylation sites (tertiary alicyclic amines) is 1. The van der Waals surface area contributed by atoms with E-state index in [1.807, 2.05) is 47.7 Å². The molecule has 0 atom stereocenters. The Kier molecular flexibility index (Phi) is 6.06. The molecule has 0 saturated carbocycles. The Balaban J connectivity index is 1.66. The number of nitrogens with two attached hydrogens (primary N) is 1. The third kappa shape index (κ3) is 3.97. The average Bonchev–Trinajstić information content (AvgIpc) is 3.03. The highest BCUT2D eigenvalue weighted by molar-refractivity contribution is 5.95. The standard InChI is InChI=1S/C20H28N4O2/c1-15-6-3-4-7-19(15)24-16(2)18(14-22-24)20(25)23-11-8-17(9-12-23)26-13-5-10-21/h3-4,6-7,14,17H,5,8-13,21H2,1-2H3. The molecular weight excluding hydrogens is 328 g/mol. The van der Waals surface area contributed by atoms with E-state index < -0.39 is 0 Å². The number of carbonyl (C=O) groups excluding carboxylic acids is 1. The number of benzene rings is 1. The highest BCUT2D eigenvalue weighted by atomic mass is 16.5. The van der Waals surface area contributed by atoms with E-state index in [4.69, 9.17) is 10.5 Å². The second-order valence-corrected chi connectivity index (χ2v) is 6.85. The maximum Gasteiger partial charge on any atom is 0.257 e. The largest absolute Gasteiger partial charge is 0.378 e. The summed E-state index contributed by atoms with van der Waals surface area (Å²) in [5.41, 5.74) is 9.20. The van der Waals surface area contributed by atoms with Gasteiger partial charge in [-0.15, -0.1) is 0 Å². The zero-order valence-corrected chi connectivity index (χ0v) is 15.6. The number of nitrogens with zero attached hydrogens (tertiary/aromatic N) is 3. The Morgan fingerprint density at radius 3 is 2.69 bits per heavy atom. The van der Waals surface area contributed by atoms with Crippen LogP contribution in [0.25, 0.3) is 5.69 Å². The van der Waals surface area contributed by atoms with Crippen molar-refractivity contribution < 1.29 is 9.53 Å². The van der Waals surface area contributed by atoms with Gasteiger partial charge in [0.1, 0.15) is 0 Å². The maximum atomic E-state index is 12.9. The van der Waals surface area contributed by atoms with E-state index in [1.165, 1.54) is 0 Å². The van der Waals surface area contributed by atoms with Crippen molar-refractivity contribution in [2.24, 2.45) is 5.73 Å². The third-order valence-electron chi connectivity index (χ3n) is 5.02.